The third-order valence-electron chi connectivity index (χ3n) is 3.01. The Balaban J connectivity index is 2.13. The Morgan fingerprint density at radius 3 is 2.95 bits per heavy atom. The van der Waals surface area contributed by atoms with E-state index in [-0.39, 0.29) is 12.5 Å². The molecule has 1 unspecified atom stereocenters. The number of rotatable bonds is 5. The second kappa shape index (κ2) is 6.29. The number of carbonyl (C=O) groups excluding carboxylic acids is 1. The van der Waals surface area contributed by atoms with E-state index in [0.717, 1.165) is 17.3 Å². The minimum absolute atomic E-state index is 0.172. The van der Waals surface area contributed by atoms with E-state index in [1.165, 1.54) is 0 Å². The lowest BCUT2D eigenvalue weighted by molar-refractivity contribution is 0.0911. The fourth-order valence-electron chi connectivity index (χ4n) is 2.03. The molecule has 0 radical (unpaired) electrons. The van der Waals surface area contributed by atoms with Gasteiger partial charge in [-0.2, -0.15) is 0 Å². The Labute approximate surface area is 112 Å². The number of amides is 1. The predicted octanol–water partition coefficient (Wildman–Crippen LogP) is 2.13. The average Bonchev–Trinajstić information content (AvgIpc) is 2.44. The second-order valence-corrected chi connectivity index (χ2v) is 4.53. The van der Waals surface area contributed by atoms with Crippen LogP contribution in [-0.2, 0) is 0 Å². The quantitative estimate of drug-likeness (QED) is 0.863. The SMILES string of the molecule is CCCC(O)CNC(=O)c1ccnc2ccccc12. The van der Waals surface area contributed by atoms with E-state index in [1.807, 2.05) is 31.2 Å². The normalized spacial score (nSPS) is 12.3. The first-order chi connectivity index (χ1) is 9.22. The predicted molar refractivity (Wildman–Crippen MR) is 75.0 cm³/mol. The second-order valence-electron chi connectivity index (χ2n) is 4.53. The molecule has 0 saturated heterocycles. The number of aliphatic hydroxyl groups is 1. The van der Waals surface area contributed by atoms with Crippen LogP contribution in [0.25, 0.3) is 10.9 Å². The highest BCUT2D eigenvalue weighted by Gasteiger charge is 2.11. The molecule has 0 aliphatic carbocycles. The summed E-state index contributed by atoms with van der Waals surface area (Å²) >= 11 is 0. The lowest BCUT2D eigenvalue weighted by Gasteiger charge is -2.11. The summed E-state index contributed by atoms with van der Waals surface area (Å²) in [4.78, 5) is 16.3. The van der Waals surface area contributed by atoms with E-state index in [9.17, 15) is 9.90 Å². The van der Waals surface area contributed by atoms with Crippen LogP contribution in [0, 0.1) is 0 Å². The number of fused-ring (bicyclic) bond motifs is 1. The maximum atomic E-state index is 12.1. The molecule has 1 aromatic heterocycles. The van der Waals surface area contributed by atoms with Crippen LogP contribution in [0.15, 0.2) is 36.5 Å². The van der Waals surface area contributed by atoms with Crippen LogP contribution in [0.2, 0.25) is 0 Å². The molecule has 4 heteroatoms. The third-order valence-corrected chi connectivity index (χ3v) is 3.01. The zero-order valence-corrected chi connectivity index (χ0v) is 11.0. The van der Waals surface area contributed by atoms with E-state index in [4.69, 9.17) is 0 Å². The van der Waals surface area contributed by atoms with Crippen molar-refractivity contribution in [3.05, 3.63) is 42.1 Å². The molecule has 4 nitrogen and oxygen atoms in total. The molecule has 0 aliphatic heterocycles. The first-order valence-corrected chi connectivity index (χ1v) is 6.52. The number of hydrogen-bond acceptors (Lipinski definition) is 3. The van der Waals surface area contributed by atoms with Gasteiger partial charge in [-0.3, -0.25) is 9.78 Å². The number of aliphatic hydroxyl groups excluding tert-OH is 1. The van der Waals surface area contributed by atoms with Gasteiger partial charge in [0.2, 0.25) is 0 Å². The zero-order chi connectivity index (χ0) is 13.7. The average molecular weight is 258 g/mol. The van der Waals surface area contributed by atoms with Gasteiger partial charge in [0.05, 0.1) is 17.2 Å². The van der Waals surface area contributed by atoms with Gasteiger partial charge in [0.1, 0.15) is 0 Å². The standard InChI is InChI=1S/C15H18N2O2/c1-2-5-11(18)10-17-15(19)13-8-9-16-14-7-4-3-6-12(13)14/h3-4,6-9,11,18H,2,5,10H2,1H3,(H,17,19). The molecule has 1 amide bonds. The summed E-state index contributed by atoms with van der Waals surface area (Å²) in [6.45, 7) is 2.28. The number of benzene rings is 1. The van der Waals surface area contributed by atoms with Crippen LogP contribution < -0.4 is 5.32 Å². The maximum absolute atomic E-state index is 12.1. The summed E-state index contributed by atoms with van der Waals surface area (Å²) < 4.78 is 0. The highest BCUT2D eigenvalue weighted by molar-refractivity contribution is 6.05. The number of nitrogens with one attached hydrogen (secondary N) is 1. The summed E-state index contributed by atoms with van der Waals surface area (Å²) in [5, 5.41) is 13.2. The van der Waals surface area contributed by atoms with Gasteiger partial charge in [0, 0.05) is 18.1 Å². The number of hydrogen-bond donors (Lipinski definition) is 2. The molecule has 0 aliphatic rings. The summed E-state index contributed by atoms with van der Waals surface area (Å²) in [6, 6.07) is 9.22. The molecule has 2 aromatic rings. The monoisotopic (exact) mass is 258 g/mol. The van der Waals surface area contributed by atoms with Gasteiger partial charge in [0.15, 0.2) is 0 Å². The molecular formula is C15H18N2O2. The van der Waals surface area contributed by atoms with Crippen LogP contribution in [0.1, 0.15) is 30.1 Å². The molecular weight excluding hydrogens is 240 g/mol. The smallest absolute Gasteiger partial charge is 0.252 e. The third kappa shape index (κ3) is 3.29. The van der Waals surface area contributed by atoms with Crippen molar-refractivity contribution in [1.82, 2.24) is 10.3 Å². The van der Waals surface area contributed by atoms with Crippen molar-refractivity contribution in [3.63, 3.8) is 0 Å². The first kappa shape index (κ1) is 13.5. The van der Waals surface area contributed by atoms with Gasteiger partial charge in [0.25, 0.3) is 5.91 Å². The van der Waals surface area contributed by atoms with Crippen LogP contribution >= 0.6 is 0 Å². The molecule has 2 rings (SSSR count). The van der Waals surface area contributed by atoms with Gasteiger partial charge < -0.3 is 10.4 Å². The summed E-state index contributed by atoms with van der Waals surface area (Å²) in [5.41, 5.74) is 1.39. The van der Waals surface area contributed by atoms with Gasteiger partial charge >= 0.3 is 0 Å². The topological polar surface area (TPSA) is 62.2 Å². The fourth-order valence-corrected chi connectivity index (χ4v) is 2.03. The number of aromatic nitrogens is 1. The molecule has 1 aromatic carbocycles. The summed E-state index contributed by atoms with van der Waals surface area (Å²) in [5.74, 6) is -0.172. The molecule has 1 atom stereocenters. The van der Waals surface area contributed by atoms with Crippen molar-refractivity contribution in [1.29, 1.82) is 0 Å². The van der Waals surface area contributed by atoms with Gasteiger partial charge in [-0.25, -0.2) is 0 Å². The molecule has 19 heavy (non-hydrogen) atoms. The summed E-state index contributed by atoms with van der Waals surface area (Å²) in [7, 11) is 0. The molecule has 0 bridgehead atoms. The zero-order valence-electron chi connectivity index (χ0n) is 11.0. The van der Waals surface area contributed by atoms with E-state index >= 15 is 0 Å². The minimum atomic E-state index is -0.484. The summed E-state index contributed by atoms with van der Waals surface area (Å²) in [6.07, 6.45) is 2.73. The van der Waals surface area contributed by atoms with Crippen LogP contribution in [0.5, 0.6) is 0 Å². The Morgan fingerprint density at radius 1 is 1.37 bits per heavy atom. The van der Waals surface area contributed by atoms with Gasteiger partial charge in [-0.1, -0.05) is 31.5 Å². The number of nitrogens with zero attached hydrogens (tertiary/aromatic N) is 1. The molecule has 1 heterocycles. The fraction of sp³-hybridized carbons (Fsp3) is 0.333. The van der Waals surface area contributed by atoms with Gasteiger partial charge in [-0.15, -0.1) is 0 Å². The number of carbonyl (C=O) groups is 1. The van der Waals surface area contributed by atoms with Crippen molar-refractivity contribution in [3.8, 4) is 0 Å². The molecule has 0 spiro atoms. The first-order valence-electron chi connectivity index (χ1n) is 6.52. The van der Waals surface area contributed by atoms with Gasteiger partial charge in [-0.05, 0) is 18.6 Å². The van der Waals surface area contributed by atoms with Crippen molar-refractivity contribution in [2.45, 2.75) is 25.9 Å². The number of pyridine rings is 1. The molecule has 100 valence electrons. The van der Waals surface area contributed by atoms with E-state index < -0.39 is 6.10 Å². The number of para-hydroxylation sites is 1. The Morgan fingerprint density at radius 2 is 2.16 bits per heavy atom. The van der Waals surface area contributed by atoms with Crippen LogP contribution in [-0.4, -0.2) is 28.6 Å². The maximum Gasteiger partial charge on any atom is 0.252 e. The van der Waals surface area contributed by atoms with Crippen molar-refractivity contribution in [2.24, 2.45) is 0 Å². The lowest BCUT2D eigenvalue weighted by Crippen LogP contribution is -2.32. The molecule has 0 fully saturated rings. The Hall–Kier alpha value is -1.94. The Bertz CT molecular complexity index is 564. The minimum Gasteiger partial charge on any atom is -0.391 e. The van der Waals surface area contributed by atoms with E-state index in [1.54, 1.807) is 12.3 Å². The molecule has 0 saturated carbocycles. The van der Waals surface area contributed by atoms with Crippen molar-refractivity contribution in [2.75, 3.05) is 6.54 Å². The largest absolute Gasteiger partial charge is 0.391 e. The highest BCUT2D eigenvalue weighted by Crippen LogP contribution is 2.15. The van der Waals surface area contributed by atoms with Crippen molar-refractivity contribution >= 4 is 16.8 Å². The van der Waals surface area contributed by atoms with Crippen LogP contribution in [0.3, 0.4) is 0 Å². The van der Waals surface area contributed by atoms with E-state index in [2.05, 4.69) is 10.3 Å². The van der Waals surface area contributed by atoms with Crippen molar-refractivity contribution < 1.29 is 9.90 Å². The van der Waals surface area contributed by atoms with Crippen LogP contribution in [0.4, 0.5) is 0 Å². The highest BCUT2D eigenvalue weighted by atomic mass is 16.3. The lowest BCUT2D eigenvalue weighted by atomic mass is 10.1. The Kier molecular flexibility index (Phi) is 4.47. The van der Waals surface area contributed by atoms with E-state index in [0.29, 0.717) is 12.0 Å². The molecule has 2 N–H and O–H groups in total.